The second-order valence-electron chi connectivity index (χ2n) is 3.46. The number of esters is 1. The molecule has 0 spiro atoms. The molecule has 0 rings (SSSR count). The van der Waals surface area contributed by atoms with Crippen LogP contribution in [0, 0.1) is 0 Å². The number of carbonyl (C=O) groups excluding carboxylic acids is 1. The van der Waals surface area contributed by atoms with Crippen LogP contribution in [0.25, 0.3) is 0 Å². The number of aliphatic carboxylic acids is 1. The Balaban J connectivity index is 3.65. The molecule has 82 valence electrons. The number of carboxylic acids is 1. The third-order valence-electron chi connectivity index (χ3n) is 1.50. The van der Waals surface area contributed by atoms with Crippen molar-refractivity contribution in [3.8, 4) is 0 Å². The molecule has 0 bridgehead atoms. The summed E-state index contributed by atoms with van der Waals surface area (Å²) >= 11 is 0. The third-order valence-corrected chi connectivity index (χ3v) is 1.50. The van der Waals surface area contributed by atoms with Crippen molar-refractivity contribution in [2.75, 3.05) is 20.6 Å². The topological polar surface area (TPSA) is 66.8 Å². The van der Waals surface area contributed by atoms with Gasteiger partial charge in [-0.25, -0.2) is 0 Å². The molecule has 0 saturated carbocycles. The van der Waals surface area contributed by atoms with Crippen LogP contribution in [0.15, 0.2) is 0 Å². The van der Waals surface area contributed by atoms with Crippen molar-refractivity contribution in [2.24, 2.45) is 0 Å². The number of nitrogens with zero attached hydrogens (tertiary/aromatic N) is 1. The molecule has 0 aromatic rings. The van der Waals surface area contributed by atoms with Crippen LogP contribution in [-0.4, -0.2) is 48.7 Å². The van der Waals surface area contributed by atoms with Crippen LogP contribution >= 0.6 is 0 Å². The summed E-state index contributed by atoms with van der Waals surface area (Å²) in [6, 6.07) is 0. The molecule has 1 unspecified atom stereocenters. The Morgan fingerprint density at radius 1 is 1.36 bits per heavy atom. The van der Waals surface area contributed by atoms with Crippen molar-refractivity contribution in [3.63, 3.8) is 0 Å². The van der Waals surface area contributed by atoms with E-state index in [4.69, 9.17) is 9.84 Å². The van der Waals surface area contributed by atoms with E-state index in [1.54, 1.807) is 6.92 Å². The highest BCUT2D eigenvalue weighted by Gasteiger charge is 2.11. The van der Waals surface area contributed by atoms with Crippen molar-refractivity contribution in [1.29, 1.82) is 0 Å². The lowest BCUT2D eigenvalue weighted by atomic mass is 10.3. The lowest BCUT2D eigenvalue weighted by Crippen LogP contribution is -2.28. The van der Waals surface area contributed by atoms with Gasteiger partial charge in [-0.2, -0.15) is 0 Å². The average Bonchev–Trinajstić information content (AvgIpc) is 1.98. The van der Waals surface area contributed by atoms with Crippen molar-refractivity contribution < 1.29 is 19.4 Å². The molecule has 0 aliphatic rings. The molecule has 1 N–H and O–H groups in total. The van der Waals surface area contributed by atoms with Crippen molar-refractivity contribution in [1.82, 2.24) is 4.90 Å². The van der Waals surface area contributed by atoms with Crippen molar-refractivity contribution in [2.45, 2.75) is 25.9 Å². The van der Waals surface area contributed by atoms with Crippen LogP contribution in [0.1, 0.15) is 19.8 Å². The zero-order valence-corrected chi connectivity index (χ0v) is 8.82. The van der Waals surface area contributed by atoms with Gasteiger partial charge in [0.1, 0.15) is 6.10 Å². The van der Waals surface area contributed by atoms with Gasteiger partial charge in [-0.3, -0.25) is 9.59 Å². The maximum absolute atomic E-state index is 11.0. The molecule has 14 heavy (non-hydrogen) atoms. The number of carbonyl (C=O) groups is 2. The summed E-state index contributed by atoms with van der Waals surface area (Å²) in [7, 11) is 3.75. The highest BCUT2D eigenvalue weighted by molar-refractivity contribution is 5.76. The summed E-state index contributed by atoms with van der Waals surface area (Å²) in [6.07, 6.45) is -0.438. The summed E-state index contributed by atoms with van der Waals surface area (Å²) in [6.45, 7) is 2.41. The Morgan fingerprint density at radius 3 is 2.36 bits per heavy atom. The van der Waals surface area contributed by atoms with Crippen molar-refractivity contribution >= 4 is 11.9 Å². The normalized spacial score (nSPS) is 12.6. The van der Waals surface area contributed by atoms with E-state index in [-0.39, 0.29) is 18.9 Å². The molecule has 0 amide bonds. The largest absolute Gasteiger partial charge is 0.481 e. The predicted molar refractivity (Wildman–Crippen MR) is 51.0 cm³/mol. The number of ether oxygens (including phenoxy) is 1. The molecule has 0 aliphatic carbocycles. The minimum absolute atomic E-state index is 0.0624. The average molecular weight is 203 g/mol. The first-order chi connectivity index (χ1) is 6.41. The van der Waals surface area contributed by atoms with Crippen LogP contribution in [0.5, 0.6) is 0 Å². The minimum atomic E-state index is -0.984. The SMILES string of the molecule is CC(CN(C)C)OC(=O)CCC(=O)O. The molecule has 0 aromatic heterocycles. The van der Waals surface area contributed by atoms with Crippen LogP contribution in [0.3, 0.4) is 0 Å². The Hall–Kier alpha value is -1.10. The van der Waals surface area contributed by atoms with E-state index in [1.807, 2.05) is 19.0 Å². The second kappa shape index (κ2) is 6.37. The summed E-state index contributed by atoms with van der Waals surface area (Å²) < 4.78 is 4.97. The molecule has 5 heteroatoms. The standard InChI is InChI=1S/C9H17NO4/c1-7(6-10(2)3)14-9(13)5-4-8(11)12/h7H,4-6H2,1-3H3,(H,11,12). The van der Waals surface area contributed by atoms with E-state index < -0.39 is 11.9 Å². The van der Waals surface area contributed by atoms with E-state index >= 15 is 0 Å². The zero-order valence-electron chi connectivity index (χ0n) is 8.82. The van der Waals surface area contributed by atoms with E-state index in [0.29, 0.717) is 6.54 Å². The van der Waals surface area contributed by atoms with Gasteiger partial charge in [0.2, 0.25) is 0 Å². The molecular weight excluding hydrogens is 186 g/mol. The molecule has 0 saturated heterocycles. The second-order valence-corrected chi connectivity index (χ2v) is 3.46. The summed E-state index contributed by atoms with van der Waals surface area (Å²) in [5, 5.41) is 8.33. The summed E-state index contributed by atoms with van der Waals surface area (Å²) in [5.74, 6) is -1.44. The quantitative estimate of drug-likeness (QED) is 0.631. The van der Waals surface area contributed by atoms with Crippen LogP contribution in [0.2, 0.25) is 0 Å². The summed E-state index contributed by atoms with van der Waals surface area (Å²) in [4.78, 5) is 23.1. The van der Waals surface area contributed by atoms with Crippen LogP contribution in [0.4, 0.5) is 0 Å². The van der Waals surface area contributed by atoms with Crippen LogP contribution in [-0.2, 0) is 14.3 Å². The predicted octanol–water partition coefficient (Wildman–Crippen LogP) is 0.344. The van der Waals surface area contributed by atoms with Gasteiger partial charge in [-0.05, 0) is 21.0 Å². The molecule has 0 fully saturated rings. The molecule has 0 aliphatic heterocycles. The fourth-order valence-electron chi connectivity index (χ4n) is 1.04. The first-order valence-corrected chi connectivity index (χ1v) is 4.48. The lowest BCUT2D eigenvalue weighted by Gasteiger charge is -2.17. The van der Waals surface area contributed by atoms with Crippen LogP contribution < -0.4 is 0 Å². The van der Waals surface area contributed by atoms with E-state index in [1.165, 1.54) is 0 Å². The van der Waals surface area contributed by atoms with Gasteiger partial charge in [0, 0.05) is 6.54 Å². The molecular formula is C9H17NO4. The number of hydrogen-bond acceptors (Lipinski definition) is 4. The Labute approximate surface area is 83.6 Å². The smallest absolute Gasteiger partial charge is 0.306 e. The van der Waals surface area contributed by atoms with Gasteiger partial charge < -0.3 is 14.7 Å². The minimum Gasteiger partial charge on any atom is -0.481 e. The maximum Gasteiger partial charge on any atom is 0.306 e. The number of rotatable bonds is 6. The fourth-order valence-corrected chi connectivity index (χ4v) is 1.04. The number of carboxylic acid groups (broad SMARTS) is 1. The van der Waals surface area contributed by atoms with E-state index in [2.05, 4.69) is 0 Å². The lowest BCUT2D eigenvalue weighted by molar-refractivity contribution is -0.151. The van der Waals surface area contributed by atoms with Gasteiger partial charge in [-0.15, -0.1) is 0 Å². The first kappa shape index (κ1) is 12.9. The Morgan fingerprint density at radius 2 is 1.93 bits per heavy atom. The molecule has 0 heterocycles. The highest BCUT2D eigenvalue weighted by Crippen LogP contribution is 1.98. The van der Waals surface area contributed by atoms with Gasteiger partial charge in [0.05, 0.1) is 12.8 Å². The fraction of sp³-hybridized carbons (Fsp3) is 0.778. The monoisotopic (exact) mass is 203 g/mol. The Bertz CT molecular complexity index is 203. The van der Waals surface area contributed by atoms with Gasteiger partial charge in [0.25, 0.3) is 0 Å². The summed E-state index contributed by atoms with van der Waals surface area (Å²) in [5.41, 5.74) is 0. The van der Waals surface area contributed by atoms with Gasteiger partial charge in [-0.1, -0.05) is 0 Å². The van der Waals surface area contributed by atoms with E-state index in [0.717, 1.165) is 0 Å². The van der Waals surface area contributed by atoms with Gasteiger partial charge >= 0.3 is 11.9 Å². The zero-order chi connectivity index (χ0) is 11.1. The number of hydrogen-bond donors (Lipinski definition) is 1. The molecule has 0 radical (unpaired) electrons. The van der Waals surface area contributed by atoms with Gasteiger partial charge in [0.15, 0.2) is 0 Å². The van der Waals surface area contributed by atoms with E-state index in [9.17, 15) is 9.59 Å². The molecule has 5 nitrogen and oxygen atoms in total. The van der Waals surface area contributed by atoms with Crippen molar-refractivity contribution in [3.05, 3.63) is 0 Å². The molecule has 1 atom stereocenters. The molecule has 0 aromatic carbocycles. The first-order valence-electron chi connectivity index (χ1n) is 4.48. The maximum atomic E-state index is 11.0. The number of likely N-dealkylation sites (N-methyl/N-ethyl adjacent to an activating group) is 1. The third kappa shape index (κ3) is 7.54. The Kier molecular flexibility index (Phi) is 5.87. The highest BCUT2D eigenvalue weighted by atomic mass is 16.5.